The first-order chi connectivity index (χ1) is 16.7. The van der Waals surface area contributed by atoms with E-state index in [1.165, 1.54) is 18.9 Å². The van der Waals surface area contributed by atoms with Crippen molar-refractivity contribution < 1.29 is 18.6 Å². The summed E-state index contributed by atoms with van der Waals surface area (Å²) in [6, 6.07) is 3.14. The van der Waals surface area contributed by atoms with Gasteiger partial charge in [-0.05, 0) is 38.8 Å². The molecule has 3 heterocycles. The molecule has 2 fully saturated rings. The molecule has 2 N–H and O–H groups in total. The molecule has 11 heteroatoms. The third kappa shape index (κ3) is 4.47. The SMILES string of the molecule is [CH2-][C@]1(Nc2ncc(Cl)c(-c3cc(F)c4nc(C5CC(F)C5)n(C(C)C)c4c3)n2)C[CH-]CO[CH-][C@H]1O.[Lr]. The Bertz CT molecular complexity index is 1250. The van der Waals surface area contributed by atoms with Crippen molar-refractivity contribution in [2.45, 2.75) is 62.9 Å². The number of anilines is 1. The van der Waals surface area contributed by atoms with Crippen LogP contribution in [0, 0.1) is 25.8 Å². The van der Waals surface area contributed by atoms with E-state index >= 15 is 4.39 Å². The Labute approximate surface area is 207 Å². The second-order valence-corrected chi connectivity index (χ2v) is 10.0. The minimum atomic E-state index is -1.04. The number of fused-ring (bicyclic) bond motifs is 1. The third-order valence-corrected chi connectivity index (χ3v) is 6.91. The number of halogens is 3. The van der Waals surface area contributed by atoms with Gasteiger partial charge in [-0.25, -0.2) is 23.7 Å². The molecule has 203 valence electrons. The van der Waals surface area contributed by atoms with Crippen LogP contribution in [0.4, 0.5) is 14.7 Å². The molecule has 0 spiro atoms. The van der Waals surface area contributed by atoms with Gasteiger partial charge in [0.2, 0.25) is 5.95 Å². The normalized spacial score (nSPS) is 26.4. The van der Waals surface area contributed by atoms with Gasteiger partial charge in [-0.3, -0.25) is 0 Å². The number of imidazole rings is 1. The molecule has 5 rings (SSSR count). The predicted molar refractivity (Wildman–Crippen MR) is 130 cm³/mol. The second-order valence-electron chi connectivity index (χ2n) is 9.60. The van der Waals surface area contributed by atoms with Crippen LogP contribution in [0.2, 0.25) is 5.02 Å². The van der Waals surface area contributed by atoms with E-state index in [1.54, 1.807) is 6.07 Å². The Balaban J connectivity index is 0.00000304. The number of aliphatic hydroxyl groups excluding tert-OH is 1. The Hall–Kier alpha value is -3.36. The number of nitrogens with zero attached hydrogens (tertiary/aromatic N) is 4. The van der Waals surface area contributed by atoms with E-state index in [0.717, 1.165) is 0 Å². The molecular formula is C25H27ClF2LrN5O2-3. The molecule has 1 saturated heterocycles. The molecule has 2 aliphatic rings. The molecule has 1 aromatic carbocycles. The van der Waals surface area contributed by atoms with E-state index in [9.17, 15) is 9.50 Å². The molecule has 1 aliphatic carbocycles. The van der Waals surface area contributed by atoms with Crippen LogP contribution < -0.4 is 5.32 Å². The zero-order chi connectivity index (χ0) is 24.9. The molecule has 1 radical (unpaired) electrons. The maximum Gasteiger partial charge on any atom is 0.221 e. The van der Waals surface area contributed by atoms with Crippen LogP contribution in [0.3, 0.4) is 0 Å². The van der Waals surface area contributed by atoms with Crippen molar-refractivity contribution in [3.8, 4) is 11.3 Å². The first-order valence-electron chi connectivity index (χ1n) is 11.6. The van der Waals surface area contributed by atoms with Gasteiger partial charge < -0.3 is 33.1 Å². The van der Waals surface area contributed by atoms with Crippen molar-refractivity contribution in [1.82, 2.24) is 19.5 Å². The fourth-order valence-corrected chi connectivity index (χ4v) is 4.86. The fraction of sp³-hybridized carbons (Fsp3) is 0.440. The standard InChI is InChI=1S/C25H27ClF2N5O2.Lr/c1-13(2)33-19-10-14(9-18(28)22(19)30-23(33)15-7-16(27)8-15)21-17(26)11-29-24(31-21)32-25(3)5-4-6-35-12-20(25)34;/h4,9-13,15-16,20,34H,3,5-8H2,1-2H3,(H,29,31,32);/q-3;/t15?,16?,20-,25+;/m1./s1. The Morgan fingerprint density at radius 2 is 2.08 bits per heavy atom. The van der Waals surface area contributed by atoms with Crippen molar-refractivity contribution in [3.05, 3.63) is 54.9 Å². The van der Waals surface area contributed by atoms with Crippen LogP contribution in [0.5, 0.6) is 0 Å². The van der Waals surface area contributed by atoms with E-state index in [-0.39, 0.29) is 28.4 Å². The molecule has 0 amide bonds. The largest absolute Gasteiger partial charge is 0.575 e. The number of aliphatic hydroxyl groups is 1. The Morgan fingerprint density at radius 3 is 2.78 bits per heavy atom. The number of ether oxygens (including phenoxy) is 1. The van der Waals surface area contributed by atoms with Gasteiger partial charge in [0, 0.05) is 17.5 Å². The minimum Gasteiger partial charge on any atom is -0.575 e. The summed E-state index contributed by atoms with van der Waals surface area (Å²) >= 11 is 6.44. The summed E-state index contributed by atoms with van der Waals surface area (Å²) in [4.78, 5) is 13.3. The average molecular weight is 765 g/mol. The van der Waals surface area contributed by atoms with Crippen LogP contribution in [-0.2, 0) is 4.74 Å². The molecular weight excluding hydrogens is 738 g/mol. The summed E-state index contributed by atoms with van der Waals surface area (Å²) in [5, 5.41) is 13.8. The Kier molecular flexibility index (Phi) is 6.86. The van der Waals surface area contributed by atoms with E-state index < -0.39 is 23.6 Å². The van der Waals surface area contributed by atoms with Crippen LogP contribution >= 0.6 is 11.6 Å². The molecule has 7 nitrogen and oxygen atoms in total. The summed E-state index contributed by atoms with van der Waals surface area (Å²) < 4.78 is 36.0. The smallest absolute Gasteiger partial charge is 0.221 e. The molecule has 3 aromatic rings. The summed E-state index contributed by atoms with van der Waals surface area (Å²) in [7, 11) is 0. The minimum absolute atomic E-state index is 0. The molecule has 0 bridgehead atoms. The van der Waals surface area contributed by atoms with Gasteiger partial charge in [-0.2, -0.15) is 13.0 Å². The second kappa shape index (κ2) is 9.59. The zero-order valence-corrected chi connectivity index (χ0v) is 22.7. The average Bonchev–Trinajstić information content (AvgIpc) is 3.09. The first-order valence-corrected chi connectivity index (χ1v) is 12.0. The molecule has 0 unspecified atom stereocenters. The van der Waals surface area contributed by atoms with Gasteiger partial charge in [-0.15, -0.1) is 12.1 Å². The number of aromatic nitrogens is 4. The van der Waals surface area contributed by atoms with Crippen LogP contribution in [-0.4, -0.2) is 49.0 Å². The van der Waals surface area contributed by atoms with Gasteiger partial charge in [0.15, 0.2) is 5.82 Å². The number of benzene rings is 1. The van der Waals surface area contributed by atoms with Gasteiger partial charge >= 0.3 is 0 Å². The summed E-state index contributed by atoms with van der Waals surface area (Å²) in [5.41, 5.74) is 0.584. The summed E-state index contributed by atoms with van der Waals surface area (Å²) in [5.74, 6) is 0.349. The van der Waals surface area contributed by atoms with Crippen LogP contribution in [0.1, 0.15) is 50.9 Å². The topological polar surface area (TPSA) is 85.1 Å². The van der Waals surface area contributed by atoms with Crippen molar-refractivity contribution in [3.63, 3.8) is 0 Å². The Morgan fingerprint density at radius 1 is 1.33 bits per heavy atom. The van der Waals surface area contributed by atoms with Gasteiger partial charge in [0.05, 0.1) is 22.4 Å². The maximum absolute atomic E-state index is 15.3. The summed E-state index contributed by atoms with van der Waals surface area (Å²) in [6.45, 7) is 9.76. The van der Waals surface area contributed by atoms with E-state index in [1.807, 2.05) is 24.8 Å². The number of alkyl halides is 1. The fourth-order valence-electron chi connectivity index (χ4n) is 4.66. The monoisotopic (exact) mass is 764 g/mol. The van der Waals surface area contributed by atoms with Crippen LogP contribution in [0.25, 0.3) is 22.3 Å². The molecule has 1 aliphatic heterocycles. The van der Waals surface area contributed by atoms with E-state index in [0.29, 0.717) is 48.5 Å². The maximum atomic E-state index is 15.3. The van der Waals surface area contributed by atoms with Crippen molar-refractivity contribution in [2.75, 3.05) is 11.9 Å². The van der Waals surface area contributed by atoms with Gasteiger partial charge in [0.1, 0.15) is 17.5 Å². The van der Waals surface area contributed by atoms with Gasteiger partial charge in [-0.1, -0.05) is 17.7 Å². The molecule has 2 aromatic heterocycles. The van der Waals surface area contributed by atoms with Crippen LogP contribution in [0.15, 0.2) is 18.3 Å². The van der Waals surface area contributed by atoms with Crippen molar-refractivity contribution in [1.29, 1.82) is 0 Å². The van der Waals surface area contributed by atoms with Crippen molar-refractivity contribution >= 4 is 28.6 Å². The van der Waals surface area contributed by atoms with E-state index in [2.05, 4.69) is 27.2 Å². The van der Waals surface area contributed by atoms with Gasteiger partial charge in [0.25, 0.3) is 0 Å². The summed E-state index contributed by atoms with van der Waals surface area (Å²) in [6.07, 6.45) is 2.63. The third-order valence-electron chi connectivity index (χ3n) is 6.63. The number of hydrogen-bond donors (Lipinski definition) is 2. The number of nitrogens with one attached hydrogen (secondary N) is 1. The quantitative estimate of drug-likeness (QED) is 0.348. The predicted octanol–water partition coefficient (Wildman–Crippen LogP) is 5.21. The molecule has 2 atom stereocenters. The first kappa shape index (κ1) is 25.7. The number of hydrogen-bond acceptors (Lipinski definition) is 6. The molecule has 1 saturated carbocycles. The van der Waals surface area contributed by atoms with Crippen molar-refractivity contribution in [2.24, 2.45) is 0 Å². The number of rotatable bonds is 5. The zero-order valence-electron chi connectivity index (χ0n) is 19.8. The van der Waals surface area contributed by atoms with E-state index in [4.69, 9.17) is 16.3 Å². The molecule has 36 heavy (non-hydrogen) atoms.